The second kappa shape index (κ2) is 7.62. The highest BCUT2D eigenvalue weighted by Crippen LogP contribution is 2.20. The zero-order chi connectivity index (χ0) is 16.1. The SMILES string of the molecule is O=C(NCC1CC(O)CN1Cc1ccccc1)NC1CC=CC1. The molecule has 5 heteroatoms. The highest BCUT2D eigenvalue weighted by atomic mass is 16.3. The topological polar surface area (TPSA) is 64.6 Å². The van der Waals surface area contributed by atoms with E-state index in [2.05, 4.69) is 39.8 Å². The van der Waals surface area contributed by atoms with Crippen molar-refractivity contribution in [2.24, 2.45) is 0 Å². The van der Waals surface area contributed by atoms with E-state index in [0.29, 0.717) is 19.5 Å². The minimum Gasteiger partial charge on any atom is -0.392 e. The average molecular weight is 315 g/mol. The van der Waals surface area contributed by atoms with Crippen LogP contribution in [-0.2, 0) is 6.54 Å². The largest absolute Gasteiger partial charge is 0.392 e. The van der Waals surface area contributed by atoms with Crippen molar-refractivity contribution in [3.05, 3.63) is 48.0 Å². The monoisotopic (exact) mass is 315 g/mol. The summed E-state index contributed by atoms with van der Waals surface area (Å²) in [5.74, 6) is 0. The maximum atomic E-state index is 12.0. The van der Waals surface area contributed by atoms with Gasteiger partial charge in [-0.15, -0.1) is 0 Å². The van der Waals surface area contributed by atoms with Gasteiger partial charge in [0, 0.05) is 31.7 Å². The number of β-amino-alcohol motifs (C(OH)–C–C–N with tert-alkyl or cyclic N) is 1. The summed E-state index contributed by atoms with van der Waals surface area (Å²) in [6, 6.07) is 10.5. The highest BCUT2D eigenvalue weighted by Gasteiger charge is 2.31. The minimum absolute atomic E-state index is 0.111. The van der Waals surface area contributed by atoms with Crippen molar-refractivity contribution in [1.82, 2.24) is 15.5 Å². The van der Waals surface area contributed by atoms with Crippen LogP contribution in [0.3, 0.4) is 0 Å². The van der Waals surface area contributed by atoms with Gasteiger partial charge in [-0.05, 0) is 24.8 Å². The van der Waals surface area contributed by atoms with Gasteiger partial charge in [0.15, 0.2) is 0 Å². The number of hydrogen-bond donors (Lipinski definition) is 3. The van der Waals surface area contributed by atoms with Crippen LogP contribution in [0.2, 0.25) is 0 Å². The number of aliphatic hydroxyl groups excluding tert-OH is 1. The summed E-state index contributed by atoms with van der Waals surface area (Å²) in [5, 5.41) is 15.9. The van der Waals surface area contributed by atoms with Crippen molar-refractivity contribution in [2.75, 3.05) is 13.1 Å². The maximum absolute atomic E-state index is 12.0. The second-order valence-electron chi connectivity index (χ2n) is 6.45. The first kappa shape index (κ1) is 16.0. The average Bonchev–Trinajstić information content (AvgIpc) is 3.16. The van der Waals surface area contributed by atoms with Gasteiger partial charge in [-0.1, -0.05) is 42.5 Å². The molecule has 2 aliphatic rings. The molecule has 1 heterocycles. The zero-order valence-electron chi connectivity index (χ0n) is 13.3. The summed E-state index contributed by atoms with van der Waals surface area (Å²) >= 11 is 0. The molecule has 5 nitrogen and oxygen atoms in total. The fourth-order valence-corrected chi connectivity index (χ4v) is 3.36. The number of carbonyl (C=O) groups excluding carboxylic acids is 1. The molecule has 0 saturated carbocycles. The number of amides is 2. The van der Waals surface area contributed by atoms with Crippen molar-refractivity contribution in [3.63, 3.8) is 0 Å². The van der Waals surface area contributed by atoms with Crippen molar-refractivity contribution < 1.29 is 9.90 Å². The Morgan fingerprint density at radius 1 is 1.22 bits per heavy atom. The molecule has 0 bridgehead atoms. The van der Waals surface area contributed by atoms with E-state index in [1.807, 2.05) is 18.2 Å². The fraction of sp³-hybridized carbons (Fsp3) is 0.500. The van der Waals surface area contributed by atoms with Gasteiger partial charge < -0.3 is 15.7 Å². The first-order valence-electron chi connectivity index (χ1n) is 8.36. The molecule has 3 N–H and O–H groups in total. The highest BCUT2D eigenvalue weighted by molar-refractivity contribution is 5.74. The van der Waals surface area contributed by atoms with Gasteiger partial charge in [0.1, 0.15) is 0 Å². The van der Waals surface area contributed by atoms with E-state index < -0.39 is 0 Å². The zero-order valence-corrected chi connectivity index (χ0v) is 13.3. The molecule has 3 rings (SSSR count). The number of likely N-dealkylation sites (tertiary alicyclic amines) is 1. The molecule has 23 heavy (non-hydrogen) atoms. The smallest absolute Gasteiger partial charge is 0.315 e. The van der Waals surface area contributed by atoms with Crippen molar-refractivity contribution >= 4 is 6.03 Å². The summed E-state index contributed by atoms with van der Waals surface area (Å²) < 4.78 is 0. The van der Waals surface area contributed by atoms with E-state index in [4.69, 9.17) is 0 Å². The molecule has 0 spiro atoms. The van der Waals surface area contributed by atoms with Gasteiger partial charge in [-0.25, -0.2) is 4.79 Å². The van der Waals surface area contributed by atoms with Gasteiger partial charge in [-0.3, -0.25) is 4.90 Å². The third kappa shape index (κ3) is 4.56. The molecule has 2 unspecified atom stereocenters. The Bertz CT molecular complexity index is 538. The van der Waals surface area contributed by atoms with E-state index in [9.17, 15) is 9.90 Å². The van der Waals surface area contributed by atoms with E-state index >= 15 is 0 Å². The van der Waals surface area contributed by atoms with Gasteiger partial charge in [0.2, 0.25) is 0 Å². The summed E-state index contributed by atoms with van der Waals surface area (Å²) in [7, 11) is 0. The normalized spacial score (nSPS) is 24.9. The predicted molar refractivity (Wildman–Crippen MR) is 90.0 cm³/mol. The lowest BCUT2D eigenvalue weighted by Gasteiger charge is -2.25. The number of aliphatic hydroxyl groups is 1. The molecule has 1 aliphatic heterocycles. The number of urea groups is 1. The van der Waals surface area contributed by atoms with Crippen LogP contribution in [0.1, 0.15) is 24.8 Å². The fourth-order valence-electron chi connectivity index (χ4n) is 3.36. The third-order valence-corrected chi connectivity index (χ3v) is 4.58. The Balaban J connectivity index is 1.48. The van der Waals surface area contributed by atoms with Gasteiger partial charge in [0.05, 0.1) is 6.10 Å². The summed E-state index contributed by atoms with van der Waals surface area (Å²) in [6.45, 7) is 2.03. The van der Waals surface area contributed by atoms with Crippen LogP contribution < -0.4 is 10.6 Å². The molecule has 2 amide bonds. The van der Waals surface area contributed by atoms with E-state index in [1.165, 1.54) is 5.56 Å². The van der Waals surface area contributed by atoms with Crippen LogP contribution in [0.5, 0.6) is 0 Å². The lowest BCUT2D eigenvalue weighted by atomic mass is 10.1. The number of nitrogens with zero attached hydrogens (tertiary/aromatic N) is 1. The third-order valence-electron chi connectivity index (χ3n) is 4.58. The van der Waals surface area contributed by atoms with E-state index in [-0.39, 0.29) is 24.2 Å². The number of nitrogens with one attached hydrogen (secondary N) is 2. The van der Waals surface area contributed by atoms with Gasteiger partial charge >= 0.3 is 6.03 Å². The van der Waals surface area contributed by atoms with E-state index in [1.54, 1.807) is 0 Å². The standard InChI is InChI=1S/C18H25N3O2/c22-17-10-16(11-19-18(23)20-15-8-4-5-9-15)21(13-17)12-14-6-2-1-3-7-14/h1-7,15-17,22H,8-13H2,(H2,19,20,23). The second-order valence-corrected chi connectivity index (χ2v) is 6.45. The van der Waals surface area contributed by atoms with Gasteiger partial charge in [0.25, 0.3) is 0 Å². The summed E-state index contributed by atoms with van der Waals surface area (Å²) in [5.41, 5.74) is 1.23. The van der Waals surface area contributed by atoms with Crippen molar-refractivity contribution in [2.45, 2.75) is 44.0 Å². The molecular formula is C18H25N3O2. The molecule has 124 valence electrons. The molecule has 2 atom stereocenters. The van der Waals surface area contributed by atoms with Crippen molar-refractivity contribution in [1.29, 1.82) is 0 Å². The Morgan fingerprint density at radius 2 is 1.96 bits per heavy atom. The molecule has 1 aromatic rings. The van der Waals surface area contributed by atoms with Gasteiger partial charge in [-0.2, -0.15) is 0 Å². The lowest BCUT2D eigenvalue weighted by molar-refractivity contribution is 0.172. The minimum atomic E-state index is -0.312. The van der Waals surface area contributed by atoms with Crippen LogP contribution in [0.25, 0.3) is 0 Å². The molecule has 1 aliphatic carbocycles. The van der Waals surface area contributed by atoms with E-state index in [0.717, 1.165) is 19.4 Å². The van der Waals surface area contributed by atoms with Crippen molar-refractivity contribution in [3.8, 4) is 0 Å². The van der Waals surface area contributed by atoms with Crippen LogP contribution in [0.15, 0.2) is 42.5 Å². The number of hydrogen-bond acceptors (Lipinski definition) is 3. The number of carbonyl (C=O) groups is 1. The number of benzene rings is 1. The van der Waals surface area contributed by atoms with Crippen LogP contribution >= 0.6 is 0 Å². The maximum Gasteiger partial charge on any atom is 0.315 e. The first-order valence-corrected chi connectivity index (χ1v) is 8.36. The molecule has 1 saturated heterocycles. The first-order chi connectivity index (χ1) is 11.2. The number of rotatable bonds is 5. The molecule has 1 aromatic carbocycles. The molecule has 0 radical (unpaired) electrons. The quantitative estimate of drug-likeness (QED) is 0.724. The Morgan fingerprint density at radius 3 is 2.70 bits per heavy atom. The molecular weight excluding hydrogens is 290 g/mol. The summed E-state index contributed by atoms with van der Waals surface area (Å²) in [4.78, 5) is 14.2. The molecule has 0 aromatic heterocycles. The predicted octanol–water partition coefficient (Wildman–Crippen LogP) is 1.64. The van der Waals surface area contributed by atoms with Crippen LogP contribution in [0.4, 0.5) is 4.79 Å². The summed E-state index contributed by atoms with van der Waals surface area (Å²) in [6.07, 6.45) is 6.41. The Labute approximate surface area is 137 Å². The van der Waals surface area contributed by atoms with Crippen LogP contribution in [0, 0.1) is 0 Å². The Kier molecular flexibility index (Phi) is 5.31. The lowest BCUT2D eigenvalue weighted by Crippen LogP contribution is -2.46. The Hall–Kier alpha value is -1.85. The molecule has 1 fully saturated rings. The van der Waals surface area contributed by atoms with Crippen LogP contribution in [-0.4, -0.2) is 47.3 Å².